The molecule has 1 heterocycles. The summed E-state index contributed by atoms with van der Waals surface area (Å²) in [7, 11) is 0. The summed E-state index contributed by atoms with van der Waals surface area (Å²) in [6, 6.07) is 8.02. The van der Waals surface area contributed by atoms with Gasteiger partial charge in [-0.25, -0.2) is 4.79 Å². The summed E-state index contributed by atoms with van der Waals surface area (Å²) >= 11 is 0. The van der Waals surface area contributed by atoms with Gasteiger partial charge in [0.2, 0.25) is 5.91 Å². The highest BCUT2D eigenvalue weighted by Crippen LogP contribution is 2.13. The number of pyridine rings is 1. The minimum atomic E-state index is -0.648. The second-order valence-electron chi connectivity index (χ2n) is 5.36. The van der Waals surface area contributed by atoms with Crippen molar-refractivity contribution in [1.82, 2.24) is 9.88 Å². The number of aromatic nitrogens is 1. The molecule has 1 aromatic carbocycles. The van der Waals surface area contributed by atoms with Crippen LogP contribution in [0.5, 0.6) is 0 Å². The quantitative estimate of drug-likeness (QED) is 0.387. The number of anilines is 2. The van der Waals surface area contributed by atoms with E-state index in [1.807, 2.05) is 0 Å². The number of hydrogen-bond acceptors (Lipinski definition) is 5. The predicted molar refractivity (Wildman–Crippen MR) is 99.6 cm³/mol. The zero-order valence-corrected chi connectivity index (χ0v) is 14.2. The average molecular weight is 371 g/mol. The van der Waals surface area contributed by atoms with Gasteiger partial charge in [-0.3, -0.25) is 24.3 Å². The summed E-state index contributed by atoms with van der Waals surface area (Å²) in [6.07, 6.45) is 2.56. The molecule has 0 spiro atoms. The molecule has 0 fully saturated rings. The van der Waals surface area contributed by atoms with Gasteiger partial charge in [-0.2, -0.15) is 0 Å². The van der Waals surface area contributed by atoms with Crippen LogP contribution in [0.4, 0.5) is 21.9 Å². The standard InChI is InChI=1S/C17H17N5O5/c1-2-9-18-17(25)20-13-5-3-12(4-6-13)19-15(23)11-21-10-14(22(26)27)7-8-16(21)24/h2-8,10H,1,9,11H2,(H,19,23)(H2,18,20,25). The van der Waals surface area contributed by atoms with Gasteiger partial charge in [-0.15, -0.1) is 6.58 Å². The van der Waals surface area contributed by atoms with Gasteiger partial charge in [0.25, 0.3) is 11.2 Å². The van der Waals surface area contributed by atoms with Crippen LogP contribution in [0.1, 0.15) is 0 Å². The number of hydrogen-bond donors (Lipinski definition) is 3. The van der Waals surface area contributed by atoms with Crippen molar-refractivity contribution in [1.29, 1.82) is 0 Å². The molecule has 0 saturated carbocycles. The first kappa shape index (κ1) is 19.4. The lowest BCUT2D eigenvalue weighted by molar-refractivity contribution is -0.385. The SMILES string of the molecule is C=CCNC(=O)Nc1ccc(NC(=O)Cn2cc([N+](=O)[O-])ccc2=O)cc1. The topological polar surface area (TPSA) is 135 Å². The smallest absolute Gasteiger partial charge is 0.319 e. The molecule has 0 atom stereocenters. The Labute approximate surface area is 153 Å². The normalized spacial score (nSPS) is 9.93. The molecular formula is C17H17N5O5. The minimum absolute atomic E-state index is 0.285. The van der Waals surface area contributed by atoms with Gasteiger partial charge in [-0.05, 0) is 24.3 Å². The number of amides is 3. The largest absolute Gasteiger partial charge is 0.334 e. The summed E-state index contributed by atoms with van der Waals surface area (Å²) in [5.74, 6) is -0.526. The van der Waals surface area contributed by atoms with Gasteiger partial charge >= 0.3 is 6.03 Å². The molecule has 3 amide bonds. The lowest BCUT2D eigenvalue weighted by atomic mass is 10.2. The molecule has 0 aliphatic heterocycles. The molecule has 10 heteroatoms. The van der Waals surface area contributed by atoms with E-state index >= 15 is 0 Å². The summed E-state index contributed by atoms with van der Waals surface area (Å²) in [4.78, 5) is 45.4. The maximum atomic E-state index is 12.1. The maximum absolute atomic E-state index is 12.1. The molecule has 10 nitrogen and oxygen atoms in total. The fraction of sp³-hybridized carbons (Fsp3) is 0.118. The van der Waals surface area contributed by atoms with Crippen LogP contribution in [0.3, 0.4) is 0 Å². The molecule has 1 aromatic heterocycles. The number of nitrogens with zero attached hydrogens (tertiary/aromatic N) is 2. The fourth-order valence-electron chi connectivity index (χ4n) is 2.08. The first-order valence-corrected chi connectivity index (χ1v) is 7.79. The van der Waals surface area contributed by atoms with Gasteiger partial charge in [0.1, 0.15) is 6.54 Å². The second-order valence-corrected chi connectivity index (χ2v) is 5.36. The molecule has 27 heavy (non-hydrogen) atoms. The van der Waals surface area contributed by atoms with Crippen molar-refractivity contribution < 1.29 is 14.5 Å². The molecule has 3 N–H and O–H groups in total. The highest BCUT2D eigenvalue weighted by atomic mass is 16.6. The van der Waals surface area contributed by atoms with Crippen molar-refractivity contribution in [2.75, 3.05) is 17.2 Å². The zero-order chi connectivity index (χ0) is 19.8. The third-order valence-corrected chi connectivity index (χ3v) is 3.33. The van der Waals surface area contributed by atoms with Gasteiger partial charge in [-0.1, -0.05) is 6.08 Å². The lowest BCUT2D eigenvalue weighted by Gasteiger charge is -2.09. The van der Waals surface area contributed by atoms with Crippen LogP contribution in [0, 0.1) is 10.1 Å². The molecule has 2 rings (SSSR count). The molecule has 0 unspecified atom stereocenters. The number of carbonyl (C=O) groups is 2. The van der Waals surface area contributed by atoms with Crippen LogP contribution in [0.25, 0.3) is 0 Å². The van der Waals surface area contributed by atoms with Gasteiger partial charge < -0.3 is 16.0 Å². The van der Waals surface area contributed by atoms with Crippen LogP contribution in [0.2, 0.25) is 0 Å². The van der Waals surface area contributed by atoms with E-state index in [2.05, 4.69) is 22.5 Å². The first-order valence-electron chi connectivity index (χ1n) is 7.79. The highest BCUT2D eigenvalue weighted by molar-refractivity contribution is 5.92. The van der Waals surface area contributed by atoms with E-state index in [0.29, 0.717) is 17.9 Å². The molecule has 0 saturated heterocycles. The van der Waals surface area contributed by atoms with Gasteiger partial charge in [0.15, 0.2) is 0 Å². The molecule has 0 radical (unpaired) electrons. The van der Waals surface area contributed by atoms with E-state index in [9.17, 15) is 24.5 Å². The van der Waals surface area contributed by atoms with Crippen LogP contribution >= 0.6 is 0 Å². The van der Waals surface area contributed by atoms with Crippen molar-refractivity contribution in [2.24, 2.45) is 0 Å². The van der Waals surface area contributed by atoms with Crippen LogP contribution in [-0.4, -0.2) is 28.0 Å². The number of nitro groups is 1. The van der Waals surface area contributed by atoms with Crippen LogP contribution in [-0.2, 0) is 11.3 Å². The van der Waals surface area contributed by atoms with Crippen molar-refractivity contribution in [2.45, 2.75) is 6.54 Å². The summed E-state index contributed by atoms with van der Waals surface area (Å²) in [5.41, 5.74) is 0.147. The summed E-state index contributed by atoms with van der Waals surface area (Å²) in [6.45, 7) is 3.45. The Bertz CT molecular complexity index is 920. The number of rotatable bonds is 7. The molecule has 140 valence electrons. The van der Waals surface area contributed by atoms with E-state index in [0.717, 1.165) is 22.9 Å². The fourth-order valence-corrected chi connectivity index (χ4v) is 2.08. The monoisotopic (exact) mass is 371 g/mol. The highest BCUT2D eigenvalue weighted by Gasteiger charge is 2.11. The lowest BCUT2D eigenvalue weighted by Crippen LogP contribution is -2.28. The first-order chi connectivity index (χ1) is 12.9. The molecule has 0 aliphatic carbocycles. The van der Waals surface area contributed by atoms with Gasteiger partial charge in [0, 0.05) is 30.1 Å². The van der Waals surface area contributed by atoms with Crippen LogP contribution < -0.4 is 21.5 Å². The Kier molecular flexibility index (Phi) is 6.42. The van der Waals surface area contributed by atoms with E-state index in [1.165, 1.54) is 0 Å². The molecular weight excluding hydrogens is 354 g/mol. The Morgan fingerprint density at radius 2 is 1.74 bits per heavy atom. The van der Waals surface area contributed by atoms with E-state index in [-0.39, 0.29) is 12.2 Å². The average Bonchev–Trinajstić information content (AvgIpc) is 2.63. The number of nitrogens with one attached hydrogen (secondary N) is 3. The number of urea groups is 1. The van der Waals surface area contributed by atoms with E-state index in [4.69, 9.17) is 0 Å². The van der Waals surface area contributed by atoms with Crippen molar-refractivity contribution >= 4 is 29.0 Å². The van der Waals surface area contributed by atoms with E-state index < -0.39 is 22.4 Å². The Morgan fingerprint density at radius 1 is 1.11 bits per heavy atom. The maximum Gasteiger partial charge on any atom is 0.319 e. The van der Waals surface area contributed by atoms with Crippen molar-refractivity contribution in [3.05, 3.63) is 75.7 Å². The summed E-state index contributed by atoms with van der Waals surface area (Å²) < 4.78 is 0.952. The third-order valence-electron chi connectivity index (χ3n) is 3.33. The number of carbonyl (C=O) groups excluding carboxylic acids is 2. The second kappa shape index (κ2) is 8.94. The number of benzene rings is 1. The van der Waals surface area contributed by atoms with Crippen LogP contribution in [0.15, 0.2) is 60.0 Å². The Morgan fingerprint density at radius 3 is 2.33 bits per heavy atom. The Balaban J connectivity index is 1.97. The van der Waals surface area contributed by atoms with E-state index in [1.54, 1.807) is 30.3 Å². The minimum Gasteiger partial charge on any atom is -0.334 e. The zero-order valence-electron chi connectivity index (χ0n) is 14.2. The molecule has 2 aromatic rings. The predicted octanol–water partition coefficient (Wildman–Crippen LogP) is 1.70. The van der Waals surface area contributed by atoms with Gasteiger partial charge in [0.05, 0.1) is 11.1 Å². The Hall–Kier alpha value is -3.95. The van der Waals surface area contributed by atoms with Crippen molar-refractivity contribution in [3.63, 3.8) is 0 Å². The summed E-state index contributed by atoms with van der Waals surface area (Å²) in [5, 5.41) is 18.5. The third kappa shape index (κ3) is 5.81. The molecule has 0 bridgehead atoms. The molecule has 0 aliphatic rings. The van der Waals surface area contributed by atoms with Crippen molar-refractivity contribution in [3.8, 4) is 0 Å².